The van der Waals surface area contributed by atoms with E-state index in [4.69, 9.17) is 0 Å². The van der Waals surface area contributed by atoms with E-state index >= 15 is 0 Å². The third kappa shape index (κ3) is 3.01. The molecule has 3 aromatic rings. The molecule has 106 valence electrons. The molecule has 21 heavy (non-hydrogen) atoms. The van der Waals surface area contributed by atoms with E-state index in [9.17, 15) is 4.79 Å². The number of thiophene rings is 1. The zero-order valence-corrected chi connectivity index (χ0v) is 13.2. The van der Waals surface area contributed by atoms with Gasteiger partial charge in [-0.2, -0.15) is 0 Å². The van der Waals surface area contributed by atoms with Gasteiger partial charge in [0.05, 0.1) is 21.8 Å². The van der Waals surface area contributed by atoms with Gasteiger partial charge in [0.15, 0.2) is 5.13 Å². The van der Waals surface area contributed by atoms with Crippen molar-refractivity contribution in [2.24, 2.45) is 0 Å². The summed E-state index contributed by atoms with van der Waals surface area (Å²) in [6, 6.07) is 7.70. The number of rotatable bonds is 3. The number of carbonyl (C=O) groups is 1. The maximum atomic E-state index is 12.3. The molecule has 4 nitrogen and oxygen atoms in total. The van der Waals surface area contributed by atoms with Crippen molar-refractivity contribution in [2.45, 2.75) is 13.8 Å². The molecule has 0 radical (unpaired) electrons. The highest BCUT2D eigenvalue weighted by molar-refractivity contribution is 7.15. The maximum Gasteiger partial charge on any atom is 0.259 e. The summed E-state index contributed by atoms with van der Waals surface area (Å²) < 4.78 is 0. The first-order valence-electron chi connectivity index (χ1n) is 6.39. The highest BCUT2D eigenvalue weighted by Gasteiger charge is 2.13. The van der Waals surface area contributed by atoms with E-state index < -0.39 is 0 Å². The van der Waals surface area contributed by atoms with E-state index in [-0.39, 0.29) is 5.91 Å². The SMILES string of the molecule is Cc1cnc(NC(=O)c2ccc(-c3cccs3)nc2C)s1. The van der Waals surface area contributed by atoms with E-state index in [2.05, 4.69) is 15.3 Å². The molecular weight excluding hydrogens is 302 g/mol. The molecule has 0 saturated carbocycles. The summed E-state index contributed by atoms with van der Waals surface area (Å²) in [5.74, 6) is -0.174. The largest absolute Gasteiger partial charge is 0.298 e. The molecule has 0 saturated heterocycles. The molecule has 3 aromatic heterocycles. The summed E-state index contributed by atoms with van der Waals surface area (Å²) in [4.78, 5) is 23.1. The van der Waals surface area contributed by atoms with E-state index in [1.54, 1.807) is 17.5 Å². The Hall–Kier alpha value is -2.05. The molecule has 1 N–H and O–H groups in total. The summed E-state index contributed by atoms with van der Waals surface area (Å²) in [6.45, 7) is 3.80. The Morgan fingerprint density at radius 2 is 2.10 bits per heavy atom. The predicted molar refractivity (Wildman–Crippen MR) is 87.1 cm³/mol. The molecule has 0 aliphatic heterocycles. The molecule has 0 bridgehead atoms. The summed E-state index contributed by atoms with van der Waals surface area (Å²) >= 11 is 3.09. The standard InChI is InChI=1S/C15H13N3OS2/c1-9-8-16-15(21-9)18-14(19)11-5-6-12(17-10(11)2)13-4-3-7-20-13/h3-8H,1-2H3,(H,16,18,19). The molecule has 3 heterocycles. The number of nitrogens with one attached hydrogen (secondary N) is 1. The second kappa shape index (κ2) is 5.75. The van der Waals surface area contributed by atoms with Crippen molar-refractivity contribution in [2.75, 3.05) is 5.32 Å². The first kappa shape index (κ1) is 13.9. The quantitative estimate of drug-likeness (QED) is 0.790. The van der Waals surface area contributed by atoms with Gasteiger partial charge in [0, 0.05) is 11.1 Å². The molecule has 0 aliphatic carbocycles. The van der Waals surface area contributed by atoms with E-state index in [1.165, 1.54) is 11.3 Å². The van der Waals surface area contributed by atoms with Crippen molar-refractivity contribution in [1.29, 1.82) is 0 Å². The van der Waals surface area contributed by atoms with Crippen molar-refractivity contribution in [1.82, 2.24) is 9.97 Å². The number of pyridine rings is 1. The Morgan fingerprint density at radius 1 is 1.24 bits per heavy atom. The fourth-order valence-electron chi connectivity index (χ4n) is 1.94. The van der Waals surface area contributed by atoms with Crippen molar-refractivity contribution in [3.8, 4) is 10.6 Å². The smallest absolute Gasteiger partial charge is 0.259 e. The molecule has 0 aromatic carbocycles. The van der Waals surface area contributed by atoms with Crippen LogP contribution in [0.25, 0.3) is 10.6 Å². The Bertz CT molecular complexity index is 778. The summed E-state index contributed by atoms with van der Waals surface area (Å²) in [5, 5.41) is 5.43. The van der Waals surface area contributed by atoms with Crippen LogP contribution in [0.15, 0.2) is 35.8 Å². The number of hydrogen-bond acceptors (Lipinski definition) is 5. The zero-order valence-electron chi connectivity index (χ0n) is 11.6. The minimum atomic E-state index is -0.174. The van der Waals surface area contributed by atoms with Crippen LogP contribution in [-0.4, -0.2) is 15.9 Å². The van der Waals surface area contributed by atoms with Gasteiger partial charge in [0.2, 0.25) is 0 Å². The molecule has 0 spiro atoms. The molecule has 3 rings (SSSR count). The number of nitrogens with zero attached hydrogens (tertiary/aromatic N) is 2. The molecule has 0 atom stereocenters. The van der Waals surface area contributed by atoms with Crippen LogP contribution >= 0.6 is 22.7 Å². The molecule has 0 fully saturated rings. The summed E-state index contributed by atoms with van der Waals surface area (Å²) in [7, 11) is 0. The van der Waals surface area contributed by atoms with Gasteiger partial charge < -0.3 is 0 Å². The minimum absolute atomic E-state index is 0.174. The molecule has 1 amide bonds. The Labute approximate surface area is 130 Å². The normalized spacial score (nSPS) is 10.6. The fourth-order valence-corrected chi connectivity index (χ4v) is 3.29. The van der Waals surface area contributed by atoms with Crippen LogP contribution in [-0.2, 0) is 0 Å². The van der Waals surface area contributed by atoms with Crippen molar-refractivity contribution in [3.63, 3.8) is 0 Å². The zero-order chi connectivity index (χ0) is 14.8. The lowest BCUT2D eigenvalue weighted by Gasteiger charge is -2.06. The van der Waals surface area contributed by atoms with Crippen LogP contribution in [0, 0.1) is 13.8 Å². The highest BCUT2D eigenvalue weighted by atomic mass is 32.1. The van der Waals surface area contributed by atoms with E-state index in [0.29, 0.717) is 16.4 Å². The topological polar surface area (TPSA) is 54.9 Å². The van der Waals surface area contributed by atoms with Crippen LogP contribution < -0.4 is 5.32 Å². The lowest BCUT2D eigenvalue weighted by molar-refractivity contribution is 0.102. The third-order valence-corrected chi connectivity index (χ3v) is 4.67. The summed E-state index contributed by atoms with van der Waals surface area (Å²) in [6.07, 6.45) is 1.74. The van der Waals surface area contributed by atoms with Gasteiger partial charge in [0.25, 0.3) is 5.91 Å². The number of aryl methyl sites for hydroxylation is 2. The van der Waals surface area contributed by atoms with Crippen LogP contribution in [0.5, 0.6) is 0 Å². The van der Waals surface area contributed by atoms with Crippen molar-refractivity contribution < 1.29 is 4.79 Å². The highest BCUT2D eigenvalue weighted by Crippen LogP contribution is 2.24. The first-order chi connectivity index (χ1) is 10.1. The number of carbonyl (C=O) groups excluding carboxylic acids is 1. The number of hydrogen-bond donors (Lipinski definition) is 1. The Balaban J connectivity index is 1.84. The van der Waals surface area contributed by atoms with Gasteiger partial charge >= 0.3 is 0 Å². The van der Waals surface area contributed by atoms with Gasteiger partial charge in [-0.3, -0.25) is 15.1 Å². The van der Waals surface area contributed by atoms with E-state index in [0.717, 1.165) is 15.4 Å². The van der Waals surface area contributed by atoms with Crippen LogP contribution in [0.3, 0.4) is 0 Å². The van der Waals surface area contributed by atoms with Gasteiger partial charge in [-0.1, -0.05) is 6.07 Å². The molecule has 0 aliphatic rings. The first-order valence-corrected chi connectivity index (χ1v) is 8.08. The minimum Gasteiger partial charge on any atom is -0.298 e. The number of anilines is 1. The van der Waals surface area contributed by atoms with Crippen molar-refractivity contribution >= 4 is 33.7 Å². The van der Waals surface area contributed by atoms with Crippen LogP contribution in [0.4, 0.5) is 5.13 Å². The third-order valence-electron chi connectivity index (χ3n) is 2.95. The van der Waals surface area contributed by atoms with E-state index in [1.807, 2.05) is 43.5 Å². The molecule has 6 heteroatoms. The van der Waals surface area contributed by atoms with Gasteiger partial charge in [0.1, 0.15) is 0 Å². The Kier molecular flexibility index (Phi) is 3.81. The fraction of sp³-hybridized carbons (Fsp3) is 0.133. The lowest BCUT2D eigenvalue weighted by atomic mass is 10.1. The Morgan fingerprint density at radius 3 is 2.71 bits per heavy atom. The second-order valence-electron chi connectivity index (χ2n) is 4.54. The molecule has 0 unspecified atom stereocenters. The van der Waals surface area contributed by atoms with Gasteiger partial charge in [-0.05, 0) is 37.4 Å². The average Bonchev–Trinajstić information content (AvgIpc) is 3.10. The summed E-state index contributed by atoms with van der Waals surface area (Å²) in [5.41, 5.74) is 2.18. The predicted octanol–water partition coefficient (Wildman–Crippen LogP) is 4.14. The van der Waals surface area contributed by atoms with Crippen LogP contribution in [0.2, 0.25) is 0 Å². The number of thiazole rings is 1. The number of amides is 1. The average molecular weight is 315 g/mol. The maximum absolute atomic E-state index is 12.3. The number of aromatic nitrogens is 2. The van der Waals surface area contributed by atoms with Crippen molar-refractivity contribution in [3.05, 3.63) is 52.0 Å². The molecular formula is C15H13N3OS2. The second-order valence-corrected chi connectivity index (χ2v) is 6.72. The van der Waals surface area contributed by atoms with Gasteiger partial charge in [-0.15, -0.1) is 22.7 Å². The lowest BCUT2D eigenvalue weighted by Crippen LogP contribution is -2.14. The monoisotopic (exact) mass is 315 g/mol. The van der Waals surface area contributed by atoms with Gasteiger partial charge in [-0.25, -0.2) is 4.98 Å². The van der Waals surface area contributed by atoms with Crippen LogP contribution in [0.1, 0.15) is 20.9 Å².